The van der Waals surface area contributed by atoms with E-state index < -0.39 is 0 Å². The van der Waals surface area contributed by atoms with E-state index in [4.69, 9.17) is 0 Å². The molecule has 0 amide bonds. The van der Waals surface area contributed by atoms with Crippen LogP contribution in [-0.4, -0.2) is 0 Å². The molecular formula is C26H37F. The Morgan fingerprint density at radius 3 is 1.96 bits per heavy atom. The van der Waals surface area contributed by atoms with E-state index in [1.165, 1.54) is 62.5 Å². The van der Waals surface area contributed by atoms with Crippen LogP contribution in [0.1, 0.15) is 107 Å². The van der Waals surface area contributed by atoms with Gasteiger partial charge in [0.25, 0.3) is 0 Å². The lowest BCUT2D eigenvalue weighted by Gasteiger charge is -2.37. The first-order valence-electron chi connectivity index (χ1n) is 11.6. The third kappa shape index (κ3) is 4.49. The molecule has 0 radical (unpaired) electrons. The van der Waals surface area contributed by atoms with Crippen molar-refractivity contribution in [2.45, 2.75) is 95.8 Å². The smallest absolute Gasteiger partial charge is 0.126 e. The van der Waals surface area contributed by atoms with Crippen LogP contribution in [0.3, 0.4) is 0 Å². The molecule has 0 heterocycles. The van der Waals surface area contributed by atoms with E-state index in [2.05, 4.69) is 25.6 Å². The minimum absolute atomic E-state index is 0.0494. The zero-order valence-corrected chi connectivity index (χ0v) is 17.2. The molecule has 3 fully saturated rings. The Morgan fingerprint density at radius 2 is 1.37 bits per heavy atom. The summed E-state index contributed by atoms with van der Waals surface area (Å²) in [7, 11) is 0. The van der Waals surface area contributed by atoms with Gasteiger partial charge in [0.05, 0.1) is 0 Å². The molecule has 3 aliphatic rings. The van der Waals surface area contributed by atoms with E-state index in [0.29, 0.717) is 11.8 Å². The lowest BCUT2D eigenvalue weighted by Crippen LogP contribution is -2.24. The second kappa shape index (κ2) is 8.50. The normalized spacial score (nSPS) is 33.2. The molecule has 0 spiro atoms. The van der Waals surface area contributed by atoms with E-state index in [1.54, 1.807) is 0 Å². The molecule has 0 atom stereocenters. The molecule has 0 aliphatic heterocycles. The maximum Gasteiger partial charge on any atom is 0.126 e. The van der Waals surface area contributed by atoms with E-state index in [0.717, 1.165) is 49.0 Å². The highest BCUT2D eigenvalue weighted by Crippen LogP contribution is 2.44. The number of hydrogen-bond donors (Lipinski definition) is 0. The Morgan fingerprint density at radius 1 is 0.778 bits per heavy atom. The Bertz CT molecular complexity index is 634. The van der Waals surface area contributed by atoms with Gasteiger partial charge in [0.2, 0.25) is 0 Å². The Hall–Kier alpha value is -1.11. The quantitative estimate of drug-likeness (QED) is 0.472. The van der Waals surface area contributed by atoms with Crippen LogP contribution < -0.4 is 0 Å². The summed E-state index contributed by atoms with van der Waals surface area (Å²) < 4.78 is 14.9. The van der Waals surface area contributed by atoms with E-state index >= 15 is 0 Å². The molecule has 4 rings (SSSR count). The molecule has 1 heteroatoms. The minimum atomic E-state index is 0.0494. The van der Waals surface area contributed by atoms with Crippen molar-refractivity contribution in [2.75, 3.05) is 0 Å². The van der Waals surface area contributed by atoms with Gasteiger partial charge in [-0.25, -0.2) is 4.39 Å². The van der Waals surface area contributed by atoms with Gasteiger partial charge in [-0.15, -0.1) is 0 Å². The predicted octanol–water partition coefficient (Wildman–Crippen LogP) is 8.14. The summed E-state index contributed by atoms with van der Waals surface area (Å²) in [5.74, 6) is 3.89. The van der Waals surface area contributed by atoms with Gasteiger partial charge in [-0.2, -0.15) is 0 Å². The summed E-state index contributed by atoms with van der Waals surface area (Å²) in [6.07, 6.45) is 15.3. The topological polar surface area (TPSA) is 0 Å². The molecule has 0 saturated heterocycles. The maximum atomic E-state index is 14.9. The van der Waals surface area contributed by atoms with Gasteiger partial charge in [0.1, 0.15) is 5.82 Å². The molecule has 0 unspecified atom stereocenters. The average Bonchev–Trinajstić information content (AvgIpc) is 2.69. The van der Waals surface area contributed by atoms with Crippen LogP contribution in [0.15, 0.2) is 30.4 Å². The highest BCUT2D eigenvalue weighted by atomic mass is 19.1. The van der Waals surface area contributed by atoms with Crippen LogP contribution in [0.5, 0.6) is 0 Å². The molecule has 1 aromatic carbocycles. The second-order valence-corrected chi connectivity index (χ2v) is 9.94. The van der Waals surface area contributed by atoms with Crippen LogP contribution in [0.25, 0.3) is 0 Å². The van der Waals surface area contributed by atoms with Crippen LogP contribution in [0.4, 0.5) is 4.39 Å². The SMILES string of the molecule is C=C1CCC(c2ccc(C3CCC(C4CCC(C)CC4)CC3)cc2F)CC1. The van der Waals surface area contributed by atoms with Crippen molar-refractivity contribution in [1.82, 2.24) is 0 Å². The third-order valence-electron chi connectivity index (χ3n) is 8.13. The fraction of sp³-hybridized carbons (Fsp3) is 0.692. The van der Waals surface area contributed by atoms with Crippen molar-refractivity contribution in [3.63, 3.8) is 0 Å². The molecule has 0 bridgehead atoms. The largest absolute Gasteiger partial charge is 0.207 e. The Balaban J connectivity index is 1.34. The van der Waals surface area contributed by atoms with Crippen LogP contribution >= 0.6 is 0 Å². The van der Waals surface area contributed by atoms with Crippen LogP contribution in [0, 0.1) is 23.6 Å². The number of benzene rings is 1. The molecule has 148 valence electrons. The lowest BCUT2D eigenvalue weighted by atomic mass is 9.68. The number of hydrogen-bond acceptors (Lipinski definition) is 0. The van der Waals surface area contributed by atoms with Gasteiger partial charge in [-0.05, 0) is 111 Å². The molecule has 0 N–H and O–H groups in total. The first kappa shape index (κ1) is 19.2. The summed E-state index contributed by atoms with van der Waals surface area (Å²) >= 11 is 0. The van der Waals surface area contributed by atoms with Gasteiger partial charge in [0.15, 0.2) is 0 Å². The van der Waals surface area contributed by atoms with Crippen molar-refractivity contribution in [3.8, 4) is 0 Å². The number of halogens is 1. The van der Waals surface area contributed by atoms with E-state index in [1.807, 2.05) is 6.07 Å². The molecule has 1 aromatic rings. The van der Waals surface area contributed by atoms with E-state index in [-0.39, 0.29) is 5.82 Å². The number of rotatable bonds is 3. The summed E-state index contributed by atoms with van der Waals surface area (Å²) in [4.78, 5) is 0. The summed E-state index contributed by atoms with van der Waals surface area (Å²) in [5, 5.41) is 0. The first-order chi connectivity index (χ1) is 13.1. The monoisotopic (exact) mass is 368 g/mol. The Labute approximate surface area is 165 Å². The molecule has 0 aromatic heterocycles. The summed E-state index contributed by atoms with van der Waals surface area (Å²) in [6.45, 7) is 6.50. The van der Waals surface area contributed by atoms with Gasteiger partial charge >= 0.3 is 0 Å². The zero-order valence-electron chi connectivity index (χ0n) is 17.2. The average molecular weight is 369 g/mol. The Kier molecular flexibility index (Phi) is 6.05. The summed E-state index contributed by atoms with van der Waals surface area (Å²) in [5.41, 5.74) is 3.55. The van der Waals surface area contributed by atoms with Crippen molar-refractivity contribution in [3.05, 3.63) is 47.3 Å². The van der Waals surface area contributed by atoms with Crippen LogP contribution in [0.2, 0.25) is 0 Å². The highest BCUT2D eigenvalue weighted by Gasteiger charge is 2.31. The lowest BCUT2D eigenvalue weighted by molar-refractivity contribution is 0.165. The molecule has 0 nitrogen and oxygen atoms in total. The third-order valence-corrected chi connectivity index (χ3v) is 8.13. The van der Waals surface area contributed by atoms with Gasteiger partial charge in [0, 0.05) is 0 Å². The fourth-order valence-electron chi connectivity index (χ4n) is 6.15. The van der Waals surface area contributed by atoms with Gasteiger partial charge < -0.3 is 0 Å². The highest BCUT2D eigenvalue weighted by molar-refractivity contribution is 5.30. The van der Waals surface area contributed by atoms with Gasteiger partial charge in [-0.1, -0.05) is 44.1 Å². The minimum Gasteiger partial charge on any atom is -0.207 e. The van der Waals surface area contributed by atoms with Gasteiger partial charge in [-0.3, -0.25) is 0 Å². The fourth-order valence-corrected chi connectivity index (χ4v) is 6.15. The maximum absolute atomic E-state index is 14.9. The standard InChI is InChI=1S/C26H37F/c1-18-3-7-20(8-4-18)21-11-13-22(14-12-21)24-15-16-25(26(27)17-24)23-9-5-19(2)6-10-23/h15-18,20-23H,2-14H2,1H3. The molecule has 3 saturated carbocycles. The van der Waals surface area contributed by atoms with E-state index in [9.17, 15) is 4.39 Å². The van der Waals surface area contributed by atoms with Crippen molar-refractivity contribution in [1.29, 1.82) is 0 Å². The second-order valence-electron chi connectivity index (χ2n) is 9.94. The van der Waals surface area contributed by atoms with Crippen molar-refractivity contribution in [2.24, 2.45) is 17.8 Å². The molecule has 27 heavy (non-hydrogen) atoms. The summed E-state index contributed by atoms with van der Waals surface area (Å²) in [6, 6.07) is 6.24. The van der Waals surface area contributed by atoms with Crippen LogP contribution in [-0.2, 0) is 0 Å². The molecule has 3 aliphatic carbocycles. The predicted molar refractivity (Wildman–Crippen MR) is 113 cm³/mol. The molecular weight excluding hydrogens is 331 g/mol. The zero-order chi connectivity index (χ0) is 18.8. The first-order valence-corrected chi connectivity index (χ1v) is 11.6. The van der Waals surface area contributed by atoms with Crippen molar-refractivity contribution < 1.29 is 4.39 Å². The number of allylic oxidation sites excluding steroid dienone is 1. The van der Waals surface area contributed by atoms with Crippen molar-refractivity contribution >= 4 is 0 Å².